The number of aromatic nitrogens is 2. The second-order valence-electron chi connectivity index (χ2n) is 9.21. The maximum atomic E-state index is 13.3. The van der Waals surface area contributed by atoms with E-state index in [1.54, 1.807) is 24.4 Å². The number of ether oxygens (including phenoxy) is 2. The van der Waals surface area contributed by atoms with E-state index < -0.39 is 58.0 Å². The molecule has 2 aromatic heterocycles. The molecule has 4 heterocycles. The van der Waals surface area contributed by atoms with Gasteiger partial charge >= 0.3 is 11.9 Å². The highest BCUT2D eigenvalue weighted by Crippen LogP contribution is 2.52. The summed E-state index contributed by atoms with van der Waals surface area (Å²) in [6.07, 6.45) is 1.97. The van der Waals surface area contributed by atoms with Gasteiger partial charge < -0.3 is 19.5 Å². The Hall–Kier alpha value is -2.77. The molecule has 0 bridgehead atoms. The number of β-lactam (4-membered cyclic amide) rings is 1. The largest absolute Gasteiger partial charge is 0.425 e. The number of amides is 1. The average molecular weight is 526 g/mol. The number of carbonyl (C=O) groups excluding carboxylic acids is 3. The molecular formula is C22H27N3O8S2. The van der Waals surface area contributed by atoms with E-state index in [4.69, 9.17) is 9.47 Å². The van der Waals surface area contributed by atoms with Crippen molar-refractivity contribution in [2.24, 2.45) is 17.8 Å². The smallest absolute Gasteiger partial charge is 0.358 e. The highest BCUT2D eigenvalue weighted by molar-refractivity contribution is 7.91. The summed E-state index contributed by atoms with van der Waals surface area (Å²) in [5.74, 6) is -3.27. The van der Waals surface area contributed by atoms with Gasteiger partial charge in [0.2, 0.25) is 12.2 Å². The highest BCUT2D eigenvalue weighted by Gasteiger charge is 2.60. The molecule has 11 nitrogen and oxygen atoms in total. The molecule has 1 unspecified atom stereocenters. The summed E-state index contributed by atoms with van der Waals surface area (Å²) in [5.41, 5.74) is 0.488. The third kappa shape index (κ3) is 4.15. The molecule has 2 aliphatic rings. The van der Waals surface area contributed by atoms with Gasteiger partial charge in [-0.2, -0.15) is 0 Å². The number of carbonyl (C=O) groups is 3. The van der Waals surface area contributed by atoms with Gasteiger partial charge in [-0.25, -0.2) is 18.2 Å². The minimum Gasteiger partial charge on any atom is -0.425 e. The van der Waals surface area contributed by atoms with Crippen LogP contribution in [-0.2, 0) is 33.7 Å². The molecule has 1 saturated heterocycles. The van der Waals surface area contributed by atoms with Gasteiger partial charge in [-0.1, -0.05) is 20.8 Å². The predicted octanol–water partition coefficient (Wildman–Crippen LogP) is 1.46. The van der Waals surface area contributed by atoms with Crippen molar-refractivity contribution in [1.29, 1.82) is 0 Å². The van der Waals surface area contributed by atoms with Crippen LogP contribution in [0.3, 0.4) is 0 Å². The first-order valence-electron chi connectivity index (χ1n) is 11.1. The lowest BCUT2D eigenvalue weighted by Gasteiger charge is -2.46. The molecule has 2 aromatic rings. The summed E-state index contributed by atoms with van der Waals surface area (Å²) in [6, 6.07) is -0.470. The van der Waals surface area contributed by atoms with Gasteiger partial charge in [0.05, 0.1) is 28.9 Å². The number of fused-ring (bicyclic) bond motifs is 2. The van der Waals surface area contributed by atoms with Gasteiger partial charge in [0.25, 0.3) is 0 Å². The van der Waals surface area contributed by atoms with Crippen molar-refractivity contribution in [3.05, 3.63) is 23.1 Å². The zero-order chi connectivity index (χ0) is 26.0. The molecule has 1 N–H and O–H groups in total. The first-order valence-corrected chi connectivity index (χ1v) is 13.8. The Morgan fingerprint density at radius 2 is 1.86 bits per heavy atom. The van der Waals surface area contributed by atoms with E-state index in [2.05, 4.69) is 4.98 Å². The fourth-order valence-electron chi connectivity index (χ4n) is 4.57. The lowest BCUT2D eigenvalue weighted by Crippen LogP contribution is -2.63. The fraction of sp³-hybridized carbons (Fsp3) is 0.545. The Balaban J connectivity index is 1.77. The molecule has 13 heteroatoms. The van der Waals surface area contributed by atoms with Crippen molar-refractivity contribution in [2.75, 3.05) is 6.26 Å². The van der Waals surface area contributed by atoms with Crippen LogP contribution in [0.1, 0.15) is 39.5 Å². The zero-order valence-electron chi connectivity index (χ0n) is 20.1. The van der Waals surface area contributed by atoms with E-state index in [9.17, 15) is 27.9 Å². The predicted molar refractivity (Wildman–Crippen MR) is 125 cm³/mol. The Labute approximate surface area is 206 Å². The van der Waals surface area contributed by atoms with Crippen molar-refractivity contribution < 1.29 is 37.4 Å². The van der Waals surface area contributed by atoms with Crippen LogP contribution < -0.4 is 0 Å². The van der Waals surface area contributed by atoms with Gasteiger partial charge in [-0.3, -0.25) is 14.0 Å². The SMILES string of the molecule is CC(OC(=O)C1=C(c2cn3cnc(S(C)(=O)=O)c3s2)[C@H](C)[C@@H]2[C@@H]([C@@H](C)O)C(=O)N12)OC(=O)C(C)C. The molecule has 4 rings (SSSR count). The Morgan fingerprint density at radius 3 is 2.43 bits per heavy atom. The molecule has 0 spiro atoms. The number of thiazole rings is 1. The minimum absolute atomic E-state index is 0.00443. The van der Waals surface area contributed by atoms with Crippen molar-refractivity contribution in [2.45, 2.75) is 58.1 Å². The molecule has 0 saturated carbocycles. The van der Waals surface area contributed by atoms with Crippen molar-refractivity contribution in [1.82, 2.24) is 14.3 Å². The van der Waals surface area contributed by atoms with Gasteiger partial charge in [-0.15, -0.1) is 11.3 Å². The number of aliphatic hydroxyl groups excluding tert-OH is 1. The highest BCUT2D eigenvalue weighted by atomic mass is 32.2. The molecule has 1 fully saturated rings. The minimum atomic E-state index is -3.59. The lowest BCUT2D eigenvalue weighted by atomic mass is 9.77. The van der Waals surface area contributed by atoms with Gasteiger partial charge in [0, 0.05) is 30.9 Å². The molecule has 1 amide bonds. The monoisotopic (exact) mass is 525 g/mol. The van der Waals surface area contributed by atoms with E-state index in [-0.39, 0.29) is 16.6 Å². The lowest BCUT2D eigenvalue weighted by molar-refractivity contribution is -0.187. The normalized spacial score (nSPS) is 23.9. The van der Waals surface area contributed by atoms with Crippen LogP contribution in [0.2, 0.25) is 0 Å². The third-order valence-corrected chi connectivity index (χ3v) is 8.46. The topological polar surface area (TPSA) is 145 Å². The molecule has 190 valence electrons. The van der Waals surface area contributed by atoms with Crippen LogP contribution in [0, 0.1) is 17.8 Å². The number of imidazole rings is 1. The first kappa shape index (κ1) is 25.3. The second kappa shape index (κ2) is 8.71. The van der Waals surface area contributed by atoms with Crippen LogP contribution in [0.25, 0.3) is 10.4 Å². The standard InChI is InChI=1S/C22H27N3O8S2/c1-9(2)21(28)32-12(5)33-22(29)17-14(10(3)16-15(11(4)26)19(27)25(16)17)13-7-24-8-23-18(20(24)34-13)35(6,30)31/h7-12,15-16,26H,1-6H3/t10-,11+,12?,15+,16+/m0/s1. The summed E-state index contributed by atoms with van der Waals surface area (Å²) < 4.78 is 36.3. The van der Waals surface area contributed by atoms with E-state index >= 15 is 0 Å². The third-order valence-electron chi connectivity index (χ3n) is 6.19. The second-order valence-corrected chi connectivity index (χ2v) is 12.2. The average Bonchev–Trinajstić information content (AvgIpc) is 3.36. The number of sulfone groups is 1. The van der Waals surface area contributed by atoms with Crippen molar-refractivity contribution in [3.8, 4) is 0 Å². The van der Waals surface area contributed by atoms with E-state index in [0.717, 1.165) is 17.6 Å². The van der Waals surface area contributed by atoms with Crippen LogP contribution in [-0.4, -0.2) is 70.3 Å². The van der Waals surface area contributed by atoms with Crippen molar-refractivity contribution in [3.63, 3.8) is 0 Å². The number of rotatable bonds is 7. The number of nitrogens with zero attached hydrogens (tertiary/aromatic N) is 3. The number of hydrogen-bond donors (Lipinski definition) is 1. The maximum Gasteiger partial charge on any atom is 0.358 e. The van der Waals surface area contributed by atoms with E-state index in [1.165, 1.54) is 25.1 Å². The van der Waals surface area contributed by atoms with Crippen LogP contribution in [0.4, 0.5) is 0 Å². The van der Waals surface area contributed by atoms with E-state index in [0.29, 0.717) is 15.3 Å². The first-order chi connectivity index (χ1) is 16.2. The van der Waals surface area contributed by atoms with E-state index in [1.807, 2.05) is 6.92 Å². The summed E-state index contributed by atoms with van der Waals surface area (Å²) >= 11 is 1.13. The number of esters is 2. The summed E-state index contributed by atoms with van der Waals surface area (Å²) in [5, 5.41) is 10.1. The molecule has 0 radical (unpaired) electrons. The van der Waals surface area contributed by atoms with Crippen LogP contribution in [0.15, 0.2) is 23.2 Å². The Kier molecular flexibility index (Phi) is 6.31. The summed E-state index contributed by atoms with van der Waals surface area (Å²) in [6.45, 7) is 8.06. The molecular weight excluding hydrogens is 498 g/mol. The number of hydrogen-bond acceptors (Lipinski definition) is 10. The van der Waals surface area contributed by atoms with Crippen LogP contribution in [0.5, 0.6) is 0 Å². The summed E-state index contributed by atoms with van der Waals surface area (Å²) in [4.78, 5) is 44.3. The maximum absolute atomic E-state index is 13.3. The molecule has 35 heavy (non-hydrogen) atoms. The van der Waals surface area contributed by atoms with Gasteiger partial charge in [0.1, 0.15) is 16.9 Å². The number of aliphatic hydroxyl groups is 1. The Morgan fingerprint density at radius 1 is 1.20 bits per heavy atom. The van der Waals surface area contributed by atoms with Gasteiger partial charge in [-0.05, 0) is 6.92 Å². The molecule has 5 atom stereocenters. The van der Waals surface area contributed by atoms with Gasteiger partial charge in [0.15, 0.2) is 14.9 Å². The molecule has 0 aromatic carbocycles. The van der Waals surface area contributed by atoms with Crippen LogP contribution >= 0.6 is 11.3 Å². The molecule has 0 aliphatic carbocycles. The quantitative estimate of drug-likeness (QED) is 0.323. The fourth-order valence-corrected chi connectivity index (χ4v) is 6.92. The molecule has 2 aliphatic heterocycles. The summed E-state index contributed by atoms with van der Waals surface area (Å²) in [7, 11) is -3.59. The Bertz CT molecular complexity index is 1350. The van der Waals surface area contributed by atoms with Crippen molar-refractivity contribution >= 4 is 49.4 Å². The zero-order valence-corrected chi connectivity index (χ0v) is 21.7.